The van der Waals surface area contributed by atoms with Crippen LogP contribution in [-0.4, -0.2) is 35.5 Å². The molecule has 0 saturated carbocycles. The van der Waals surface area contributed by atoms with Gasteiger partial charge in [0.15, 0.2) is 0 Å². The normalized spacial score (nSPS) is 14.2. The summed E-state index contributed by atoms with van der Waals surface area (Å²) in [5, 5.41) is 15.2. The van der Waals surface area contributed by atoms with Crippen LogP contribution in [-0.2, 0) is 13.1 Å². The summed E-state index contributed by atoms with van der Waals surface area (Å²) in [6.07, 6.45) is 5.82. The van der Waals surface area contributed by atoms with Crippen molar-refractivity contribution in [3.05, 3.63) is 71.8 Å². The van der Waals surface area contributed by atoms with E-state index in [0.29, 0.717) is 0 Å². The zero-order valence-electron chi connectivity index (χ0n) is 17.2. The van der Waals surface area contributed by atoms with Crippen LogP contribution in [0.3, 0.4) is 0 Å². The van der Waals surface area contributed by atoms with Gasteiger partial charge in [0.1, 0.15) is 0 Å². The lowest BCUT2D eigenvalue weighted by atomic mass is 10.1. The molecule has 2 aromatic carbocycles. The number of hydrogen-bond donors (Lipinski definition) is 2. The number of likely N-dealkylation sites (tertiary alicyclic amines) is 1. The fourth-order valence-corrected chi connectivity index (χ4v) is 3.26. The van der Waals surface area contributed by atoms with Gasteiger partial charge in [0.2, 0.25) is 0 Å². The van der Waals surface area contributed by atoms with Crippen LogP contribution in [0.1, 0.15) is 50.2 Å². The van der Waals surface area contributed by atoms with E-state index >= 15 is 0 Å². The van der Waals surface area contributed by atoms with Gasteiger partial charge in [-0.2, -0.15) is 0 Å². The largest absolute Gasteiger partial charge is 0.411 e. The van der Waals surface area contributed by atoms with Crippen molar-refractivity contribution in [2.24, 2.45) is 5.16 Å². The summed E-state index contributed by atoms with van der Waals surface area (Å²) in [6, 6.07) is 20.9. The van der Waals surface area contributed by atoms with Crippen LogP contribution >= 0.6 is 0 Å². The third-order valence-electron chi connectivity index (χ3n) is 5.00. The van der Waals surface area contributed by atoms with Crippen LogP contribution in [0.15, 0.2) is 65.8 Å². The van der Waals surface area contributed by atoms with Crippen LogP contribution in [0.25, 0.3) is 0 Å². The molecule has 4 nitrogen and oxygen atoms in total. The van der Waals surface area contributed by atoms with Gasteiger partial charge in [-0.3, -0.25) is 0 Å². The Kier molecular flexibility index (Phi) is 11.0. The highest BCUT2D eigenvalue weighted by Gasteiger charge is 2.14. The minimum Gasteiger partial charge on any atom is -0.411 e. The van der Waals surface area contributed by atoms with Gasteiger partial charge in [0.05, 0.1) is 5.71 Å². The Hall–Kier alpha value is -2.17. The van der Waals surface area contributed by atoms with Crippen molar-refractivity contribution in [2.45, 2.75) is 52.1 Å². The molecule has 3 rings (SSSR count). The first-order chi connectivity index (χ1) is 13.8. The highest BCUT2D eigenvalue weighted by molar-refractivity contribution is 5.84. The Morgan fingerprint density at radius 1 is 0.857 bits per heavy atom. The second kappa shape index (κ2) is 13.9. The molecule has 0 amide bonds. The molecule has 2 aromatic rings. The molecule has 0 bridgehead atoms. The Labute approximate surface area is 170 Å². The number of benzene rings is 2. The third-order valence-corrected chi connectivity index (χ3v) is 5.00. The van der Waals surface area contributed by atoms with Crippen LogP contribution < -0.4 is 5.32 Å². The van der Waals surface area contributed by atoms with E-state index in [1.807, 2.05) is 12.1 Å². The number of rotatable bonds is 8. The fourth-order valence-electron chi connectivity index (χ4n) is 3.26. The molecular formula is C24H35N3O. The van der Waals surface area contributed by atoms with Gasteiger partial charge in [-0.15, -0.1) is 0 Å². The number of piperidine rings is 1. The highest BCUT2D eigenvalue weighted by Crippen LogP contribution is 2.08. The number of nitrogens with zero attached hydrogens (tertiary/aromatic N) is 2. The van der Waals surface area contributed by atoms with E-state index in [0.717, 1.165) is 44.7 Å². The van der Waals surface area contributed by atoms with Crippen molar-refractivity contribution in [2.75, 3.05) is 19.6 Å². The summed E-state index contributed by atoms with van der Waals surface area (Å²) in [4.78, 5) is 2.46. The van der Waals surface area contributed by atoms with Crippen LogP contribution in [0.4, 0.5) is 0 Å². The standard InChI is InChI=1S/C14H15N.C10H20N2O/c1-3-7-13(8-4-1)11-15-12-14-9-5-2-6-10-14;1-2-3-4-7-12-8-5-10(11-13)6-9-12/h1-10,15H,11-12H2;13H,2-9H2,1H3. The van der Waals surface area contributed by atoms with Crippen LogP contribution in [0.5, 0.6) is 0 Å². The first-order valence-corrected chi connectivity index (χ1v) is 10.5. The summed E-state index contributed by atoms with van der Waals surface area (Å²) >= 11 is 0. The highest BCUT2D eigenvalue weighted by atomic mass is 16.4. The molecule has 1 aliphatic heterocycles. The van der Waals surface area contributed by atoms with E-state index in [4.69, 9.17) is 5.21 Å². The van der Waals surface area contributed by atoms with Crippen LogP contribution in [0, 0.1) is 0 Å². The summed E-state index contributed by atoms with van der Waals surface area (Å²) in [6.45, 7) is 7.44. The molecule has 4 heteroatoms. The lowest BCUT2D eigenvalue weighted by Gasteiger charge is -2.26. The van der Waals surface area contributed by atoms with Gasteiger partial charge >= 0.3 is 0 Å². The molecule has 28 heavy (non-hydrogen) atoms. The molecule has 1 fully saturated rings. The SMILES string of the molecule is CCCCCN1CCC(=NO)CC1.c1ccc(CNCc2ccccc2)cc1. The molecule has 0 unspecified atom stereocenters. The van der Waals surface area contributed by atoms with E-state index in [1.165, 1.54) is 36.9 Å². The maximum atomic E-state index is 8.56. The van der Waals surface area contributed by atoms with Crippen LogP contribution in [0.2, 0.25) is 0 Å². The molecule has 0 aliphatic carbocycles. The van der Waals surface area contributed by atoms with Crippen molar-refractivity contribution in [1.29, 1.82) is 0 Å². The van der Waals surface area contributed by atoms with Gasteiger partial charge in [-0.25, -0.2) is 0 Å². The van der Waals surface area contributed by atoms with Crippen molar-refractivity contribution >= 4 is 5.71 Å². The monoisotopic (exact) mass is 381 g/mol. The molecule has 1 aliphatic rings. The predicted molar refractivity (Wildman–Crippen MR) is 118 cm³/mol. The van der Waals surface area contributed by atoms with E-state index in [2.05, 4.69) is 70.8 Å². The molecule has 2 N–H and O–H groups in total. The Balaban J connectivity index is 0.000000203. The third kappa shape index (κ3) is 9.16. The summed E-state index contributed by atoms with van der Waals surface area (Å²) in [7, 11) is 0. The molecule has 1 saturated heterocycles. The van der Waals surface area contributed by atoms with Crippen molar-refractivity contribution in [3.63, 3.8) is 0 Å². The maximum absolute atomic E-state index is 8.56. The average Bonchev–Trinajstić information content (AvgIpc) is 2.76. The smallest absolute Gasteiger partial charge is 0.0596 e. The van der Waals surface area contributed by atoms with E-state index in [9.17, 15) is 0 Å². The second-order valence-corrected chi connectivity index (χ2v) is 7.29. The van der Waals surface area contributed by atoms with Crippen molar-refractivity contribution in [1.82, 2.24) is 10.2 Å². The summed E-state index contributed by atoms with van der Waals surface area (Å²) in [5.74, 6) is 0. The molecule has 0 radical (unpaired) electrons. The molecule has 1 heterocycles. The number of hydrogen-bond acceptors (Lipinski definition) is 4. The maximum Gasteiger partial charge on any atom is 0.0596 e. The first kappa shape index (κ1) is 22.1. The quantitative estimate of drug-likeness (QED) is 0.381. The molecule has 0 spiro atoms. The predicted octanol–water partition coefficient (Wildman–Crippen LogP) is 5.08. The summed E-state index contributed by atoms with van der Waals surface area (Å²) < 4.78 is 0. The zero-order valence-corrected chi connectivity index (χ0v) is 17.2. The van der Waals surface area contributed by atoms with Gasteiger partial charge in [0.25, 0.3) is 0 Å². The zero-order chi connectivity index (χ0) is 19.9. The van der Waals surface area contributed by atoms with E-state index < -0.39 is 0 Å². The Bertz CT molecular complexity index is 609. The molecule has 0 aromatic heterocycles. The van der Waals surface area contributed by atoms with Gasteiger partial charge in [0, 0.05) is 39.0 Å². The topological polar surface area (TPSA) is 47.9 Å². The second-order valence-electron chi connectivity index (χ2n) is 7.29. The van der Waals surface area contributed by atoms with Crippen molar-refractivity contribution in [3.8, 4) is 0 Å². The van der Waals surface area contributed by atoms with E-state index in [1.54, 1.807) is 0 Å². The lowest BCUT2D eigenvalue weighted by molar-refractivity contribution is 0.258. The van der Waals surface area contributed by atoms with E-state index in [-0.39, 0.29) is 0 Å². The van der Waals surface area contributed by atoms with Crippen molar-refractivity contribution < 1.29 is 5.21 Å². The molecular weight excluding hydrogens is 346 g/mol. The van der Waals surface area contributed by atoms with Gasteiger partial charge in [-0.05, 0) is 24.1 Å². The fraction of sp³-hybridized carbons (Fsp3) is 0.458. The Morgan fingerprint density at radius 2 is 1.39 bits per heavy atom. The molecule has 152 valence electrons. The number of nitrogens with one attached hydrogen (secondary N) is 1. The van der Waals surface area contributed by atoms with Gasteiger partial charge in [-0.1, -0.05) is 85.6 Å². The molecule has 0 atom stereocenters. The number of unbranched alkanes of at least 4 members (excludes halogenated alkanes) is 2. The Morgan fingerprint density at radius 3 is 1.86 bits per heavy atom. The summed E-state index contributed by atoms with van der Waals surface area (Å²) in [5.41, 5.74) is 3.62. The first-order valence-electron chi connectivity index (χ1n) is 10.5. The number of oxime groups is 1. The van der Waals surface area contributed by atoms with Gasteiger partial charge < -0.3 is 15.4 Å². The lowest BCUT2D eigenvalue weighted by Crippen LogP contribution is -2.34. The minimum absolute atomic E-state index is 0.926. The average molecular weight is 382 g/mol. The minimum atomic E-state index is 0.926.